The van der Waals surface area contributed by atoms with Crippen molar-refractivity contribution in [2.24, 2.45) is 0 Å². The molecular weight excluding hydrogens is 154 g/mol. The van der Waals surface area contributed by atoms with E-state index in [2.05, 4.69) is 15.0 Å². The fourth-order valence-corrected chi connectivity index (χ4v) is 1.02. The summed E-state index contributed by atoms with van der Waals surface area (Å²) in [6.07, 6.45) is 4.82. The second kappa shape index (κ2) is 2.65. The molecule has 0 aliphatic carbocycles. The van der Waals surface area contributed by atoms with Gasteiger partial charge in [0, 0.05) is 18.6 Å². The van der Waals surface area contributed by atoms with Crippen molar-refractivity contribution in [3.05, 3.63) is 41.1 Å². The van der Waals surface area contributed by atoms with Gasteiger partial charge in [0.1, 0.15) is 0 Å². The van der Waals surface area contributed by atoms with Gasteiger partial charge in [0.25, 0.3) is 5.56 Å². The van der Waals surface area contributed by atoms with Crippen LogP contribution in [0.25, 0.3) is 11.4 Å². The van der Waals surface area contributed by atoms with E-state index in [1.807, 2.05) is 6.07 Å². The molecule has 2 rings (SSSR count). The minimum atomic E-state index is -0.181. The molecule has 0 atom stereocenters. The standard InChI is InChI=1S/C8H7N3O/c12-8-7(10-4-5-11-8)6-2-1-3-9-6/h1-5,9H,(H,11,12). The zero-order chi connectivity index (χ0) is 8.39. The molecule has 0 aliphatic rings. The molecule has 0 bridgehead atoms. The Balaban J connectivity index is 2.63. The van der Waals surface area contributed by atoms with Crippen molar-refractivity contribution in [3.63, 3.8) is 0 Å². The zero-order valence-electron chi connectivity index (χ0n) is 6.24. The summed E-state index contributed by atoms with van der Waals surface area (Å²) in [4.78, 5) is 20.6. The predicted octanol–water partition coefficient (Wildman–Crippen LogP) is 0.765. The van der Waals surface area contributed by atoms with Crippen LogP contribution in [0.4, 0.5) is 0 Å². The highest BCUT2D eigenvalue weighted by Crippen LogP contribution is 2.06. The SMILES string of the molecule is O=c1[nH]ccnc1-c1ccc[nH]1. The number of hydrogen-bond acceptors (Lipinski definition) is 2. The molecule has 0 saturated heterocycles. The summed E-state index contributed by atoms with van der Waals surface area (Å²) >= 11 is 0. The molecule has 2 aromatic rings. The van der Waals surface area contributed by atoms with Gasteiger partial charge in [-0.2, -0.15) is 0 Å². The Morgan fingerprint density at radius 2 is 2.17 bits per heavy atom. The lowest BCUT2D eigenvalue weighted by atomic mass is 10.3. The Kier molecular flexibility index (Phi) is 1.51. The highest BCUT2D eigenvalue weighted by Gasteiger charge is 2.02. The summed E-state index contributed by atoms with van der Waals surface area (Å²) in [6.45, 7) is 0. The summed E-state index contributed by atoms with van der Waals surface area (Å²) in [5, 5.41) is 0. The molecule has 4 heteroatoms. The molecule has 4 nitrogen and oxygen atoms in total. The number of nitrogens with one attached hydrogen (secondary N) is 2. The van der Waals surface area contributed by atoms with Crippen LogP contribution in [0.15, 0.2) is 35.5 Å². The molecule has 0 unspecified atom stereocenters. The normalized spacial score (nSPS) is 10.0. The third kappa shape index (κ3) is 1.03. The van der Waals surface area contributed by atoms with E-state index in [4.69, 9.17) is 0 Å². The van der Waals surface area contributed by atoms with Crippen LogP contribution in [0.1, 0.15) is 0 Å². The lowest BCUT2D eigenvalue weighted by molar-refractivity contribution is 1.13. The monoisotopic (exact) mass is 161 g/mol. The maximum absolute atomic E-state index is 11.2. The first kappa shape index (κ1) is 6.84. The lowest BCUT2D eigenvalue weighted by Gasteiger charge is -1.92. The van der Waals surface area contributed by atoms with E-state index in [1.165, 1.54) is 6.20 Å². The average Bonchev–Trinajstić information content (AvgIpc) is 2.57. The van der Waals surface area contributed by atoms with Gasteiger partial charge in [-0.05, 0) is 12.1 Å². The lowest BCUT2D eigenvalue weighted by Crippen LogP contribution is -2.09. The van der Waals surface area contributed by atoms with Gasteiger partial charge in [-0.1, -0.05) is 0 Å². The van der Waals surface area contributed by atoms with Crippen LogP contribution < -0.4 is 5.56 Å². The number of nitrogens with zero attached hydrogens (tertiary/aromatic N) is 1. The highest BCUT2D eigenvalue weighted by molar-refractivity contribution is 5.51. The highest BCUT2D eigenvalue weighted by atomic mass is 16.1. The fraction of sp³-hybridized carbons (Fsp3) is 0. The fourth-order valence-electron chi connectivity index (χ4n) is 1.02. The number of aromatic nitrogens is 3. The van der Waals surface area contributed by atoms with Crippen LogP contribution in [0.2, 0.25) is 0 Å². The van der Waals surface area contributed by atoms with Crippen molar-refractivity contribution in [2.75, 3.05) is 0 Å². The molecule has 0 fully saturated rings. The van der Waals surface area contributed by atoms with E-state index >= 15 is 0 Å². The van der Waals surface area contributed by atoms with Gasteiger partial charge in [0.05, 0.1) is 5.69 Å². The Labute approximate surface area is 68.3 Å². The van der Waals surface area contributed by atoms with Crippen LogP contribution in [0.3, 0.4) is 0 Å². The first-order valence-electron chi connectivity index (χ1n) is 3.55. The van der Waals surface area contributed by atoms with Crippen LogP contribution in [-0.2, 0) is 0 Å². The largest absolute Gasteiger partial charge is 0.360 e. The van der Waals surface area contributed by atoms with Gasteiger partial charge in [0.15, 0.2) is 5.69 Å². The Hall–Kier alpha value is -1.84. The molecule has 0 radical (unpaired) electrons. The van der Waals surface area contributed by atoms with E-state index in [9.17, 15) is 4.79 Å². The number of aromatic amines is 2. The molecule has 0 aliphatic heterocycles. The van der Waals surface area contributed by atoms with Crippen molar-refractivity contribution in [3.8, 4) is 11.4 Å². The van der Waals surface area contributed by atoms with E-state index < -0.39 is 0 Å². The van der Waals surface area contributed by atoms with Gasteiger partial charge in [-0.3, -0.25) is 4.79 Å². The van der Waals surface area contributed by atoms with Crippen molar-refractivity contribution >= 4 is 0 Å². The molecule has 0 amide bonds. The van der Waals surface area contributed by atoms with E-state index in [-0.39, 0.29) is 5.56 Å². The minimum Gasteiger partial charge on any atom is -0.360 e. The summed E-state index contributed by atoms with van der Waals surface area (Å²) in [7, 11) is 0. The summed E-state index contributed by atoms with van der Waals surface area (Å²) in [5.41, 5.74) is 0.972. The van der Waals surface area contributed by atoms with Crippen LogP contribution in [-0.4, -0.2) is 15.0 Å². The minimum absolute atomic E-state index is 0.181. The number of H-pyrrole nitrogens is 2. The molecule has 12 heavy (non-hydrogen) atoms. The summed E-state index contributed by atoms with van der Waals surface area (Å²) in [6, 6.07) is 3.63. The van der Waals surface area contributed by atoms with E-state index in [0.29, 0.717) is 5.69 Å². The van der Waals surface area contributed by atoms with E-state index in [0.717, 1.165) is 5.69 Å². The van der Waals surface area contributed by atoms with Crippen LogP contribution >= 0.6 is 0 Å². The zero-order valence-corrected chi connectivity index (χ0v) is 6.24. The van der Waals surface area contributed by atoms with Gasteiger partial charge < -0.3 is 9.97 Å². The van der Waals surface area contributed by atoms with Crippen molar-refractivity contribution in [2.45, 2.75) is 0 Å². The van der Waals surface area contributed by atoms with Crippen molar-refractivity contribution in [1.82, 2.24) is 15.0 Å². The van der Waals surface area contributed by atoms with Crippen LogP contribution in [0.5, 0.6) is 0 Å². The first-order valence-corrected chi connectivity index (χ1v) is 3.55. The molecule has 2 aromatic heterocycles. The van der Waals surface area contributed by atoms with Gasteiger partial charge in [-0.25, -0.2) is 4.98 Å². The maximum Gasteiger partial charge on any atom is 0.276 e. The quantitative estimate of drug-likeness (QED) is 0.648. The Morgan fingerprint density at radius 1 is 1.25 bits per heavy atom. The second-order valence-electron chi connectivity index (χ2n) is 2.35. The van der Waals surface area contributed by atoms with Crippen molar-refractivity contribution in [1.29, 1.82) is 0 Å². The maximum atomic E-state index is 11.2. The van der Waals surface area contributed by atoms with Gasteiger partial charge in [-0.15, -0.1) is 0 Å². The molecule has 2 heterocycles. The molecule has 0 saturated carbocycles. The Bertz CT molecular complexity index is 416. The first-order chi connectivity index (χ1) is 5.88. The van der Waals surface area contributed by atoms with Crippen molar-refractivity contribution < 1.29 is 0 Å². The van der Waals surface area contributed by atoms with E-state index in [1.54, 1.807) is 18.5 Å². The topological polar surface area (TPSA) is 61.5 Å². The Morgan fingerprint density at radius 3 is 2.83 bits per heavy atom. The summed E-state index contributed by atoms with van der Waals surface area (Å²) in [5.74, 6) is 0. The molecule has 2 N–H and O–H groups in total. The molecule has 0 aromatic carbocycles. The number of hydrogen-bond donors (Lipinski definition) is 2. The smallest absolute Gasteiger partial charge is 0.276 e. The van der Waals surface area contributed by atoms with Gasteiger partial charge in [0.2, 0.25) is 0 Å². The molecular formula is C8H7N3O. The second-order valence-corrected chi connectivity index (χ2v) is 2.35. The third-order valence-electron chi connectivity index (χ3n) is 1.56. The predicted molar refractivity (Wildman–Crippen MR) is 44.6 cm³/mol. The summed E-state index contributed by atoms with van der Waals surface area (Å²) < 4.78 is 0. The molecule has 60 valence electrons. The number of rotatable bonds is 1. The molecule has 0 spiro atoms. The third-order valence-corrected chi connectivity index (χ3v) is 1.56. The average molecular weight is 161 g/mol. The van der Waals surface area contributed by atoms with Gasteiger partial charge >= 0.3 is 0 Å². The van der Waals surface area contributed by atoms with Crippen LogP contribution in [0, 0.1) is 0 Å².